The number of benzene rings is 1. The summed E-state index contributed by atoms with van der Waals surface area (Å²) in [5.74, 6) is 0. The zero-order chi connectivity index (χ0) is 12.0. The summed E-state index contributed by atoms with van der Waals surface area (Å²) in [6.07, 6.45) is 0. The Bertz CT molecular complexity index is 399. The van der Waals surface area contributed by atoms with Gasteiger partial charge in [0.05, 0.1) is 0 Å². The van der Waals surface area contributed by atoms with Crippen LogP contribution in [0.25, 0.3) is 0 Å². The van der Waals surface area contributed by atoms with Crippen molar-refractivity contribution in [2.75, 3.05) is 0 Å². The van der Waals surface area contributed by atoms with E-state index in [2.05, 4.69) is 31.9 Å². The van der Waals surface area contributed by atoms with E-state index in [4.69, 9.17) is 0 Å². The largest absolute Gasteiger partial charge is 0.310 e. The van der Waals surface area contributed by atoms with Gasteiger partial charge in [0.25, 0.3) is 0 Å². The van der Waals surface area contributed by atoms with Gasteiger partial charge in [0, 0.05) is 9.80 Å². The van der Waals surface area contributed by atoms with E-state index in [0.717, 1.165) is 6.07 Å². The van der Waals surface area contributed by atoms with Crippen LogP contribution in [-0.2, 0) is 5.33 Å². The fourth-order valence-electron chi connectivity index (χ4n) is 0.876. The number of halogens is 7. The summed E-state index contributed by atoms with van der Waals surface area (Å²) in [6, 6.07) is 1.80. The summed E-state index contributed by atoms with van der Waals surface area (Å²) >= 11 is 5.82. The highest BCUT2D eigenvalue weighted by atomic mass is 79.9. The summed E-state index contributed by atoms with van der Waals surface area (Å²) in [4.78, 5) is -1.88. The van der Waals surface area contributed by atoms with Crippen molar-refractivity contribution in [1.29, 1.82) is 0 Å². The molecule has 0 nitrogen and oxygen atoms in total. The zero-order valence-corrected chi connectivity index (χ0v) is 11.0. The van der Waals surface area contributed by atoms with Gasteiger partial charge >= 0.3 is 10.2 Å². The Morgan fingerprint density at radius 2 is 1.60 bits per heavy atom. The Hall–Kier alpha value is 0.180. The van der Waals surface area contributed by atoms with E-state index in [0.29, 0.717) is 17.7 Å². The van der Waals surface area contributed by atoms with Crippen molar-refractivity contribution >= 4 is 42.1 Å². The predicted octanol–water partition coefficient (Wildman–Crippen LogP) is 6.00. The van der Waals surface area contributed by atoms with Crippen LogP contribution in [0.1, 0.15) is 5.56 Å². The molecule has 1 rings (SSSR count). The molecule has 0 aliphatic carbocycles. The summed E-state index contributed by atoms with van der Waals surface area (Å²) in [7, 11) is -9.55. The van der Waals surface area contributed by atoms with Gasteiger partial charge in [-0.2, -0.15) is 0 Å². The minimum absolute atomic E-state index is 0.00475. The van der Waals surface area contributed by atoms with Crippen LogP contribution in [0.3, 0.4) is 0 Å². The molecule has 8 heteroatoms. The summed E-state index contributed by atoms with van der Waals surface area (Å²) in [5, 5.41) is 0.286. The third kappa shape index (κ3) is 3.32. The van der Waals surface area contributed by atoms with Crippen LogP contribution in [0.4, 0.5) is 19.4 Å². The average Bonchev–Trinajstić information content (AvgIpc) is 2.00. The Labute approximate surface area is 99.8 Å². The maximum Gasteiger partial charge on any atom is 0.310 e. The van der Waals surface area contributed by atoms with Crippen molar-refractivity contribution in [3.8, 4) is 0 Å². The van der Waals surface area contributed by atoms with Crippen molar-refractivity contribution in [2.45, 2.75) is 10.2 Å². The standard InChI is InChI=1S/C7H5Br2F5S/c8-4-5-1-2-6(3-7(5)9)15(10,11,12,13)14/h1-3H,4H2. The van der Waals surface area contributed by atoms with Crippen molar-refractivity contribution < 1.29 is 19.4 Å². The first-order chi connectivity index (χ1) is 6.44. The lowest BCUT2D eigenvalue weighted by atomic mass is 10.2. The SMILES string of the molecule is FS(F)(F)(F)(F)c1ccc(CBr)c(Br)c1. The van der Waals surface area contributed by atoms with Crippen LogP contribution in [0.5, 0.6) is 0 Å². The molecule has 0 aliphatic rings. The maximum absolute atomic E-state index is 12.3. The Balaban J connectivity index is 3.39. The van der Waals surface area contributed by atoms with Crippen molar-refractivity contribution in [3.63, 3.8) is 0 Å². The Kier molecular flexibility index (Phi) is 2.74. The lowest BCUT2D eigenvalue weighted by molar-refractivity contribution is 0.364. The molecule has 0 amide bonds. The smallest absolute Gasteiger partial charge is 0.0936 e. The van der Waals surface area contributed by atoms with E-state index < -0.39 is 15.1 Å². The van der Waals surface area contributed by atoms with Gasteiger partial charge in [-0.3, -0.25) is 0 Å². The van der Waals surface area contributed by atoms with Crippen LogP contribution >= 0.6 is 42.1 Å². The molecule has 0 aromatic heterocycles. The monoisotopic (exact) mass is 374 g/mol. The third-order valence-electron chi connectivity index (χ3n) is 1.61. The molecule has 0 fully saturated rings. The molecule has 0 heterocycles. The fraction of sp³-hybridized carbons (Fsp3) is 0.143. The molecule has 1 aromatic rings. The number of alkyl halides is 1. The normalized spacial score (nSPS) is 17.0. The molecular formula is C7H5Br2F5S. The van der Waals surface area contributed by atoms with Crippen LogP contribution in [-0.4, -0.2) is 0 Å². The lowest BCUT2D eigenvalue weighted by Gasteiger charge is -2.40. The molecule has 0 atom stereocenters. The van der Waals surface area contributed by atoms with Gasteiger partial charge in [0.1, 0.15) is 4.90 Å². The second-order valence-corrected chi connectivity index (χ2v) is 6.68. The summed E-state index contributed by atoms with van der Waals surface area (Å²) < 4.78 is 61.7. The second-order valence-electron chi connectivity index (χ2n) is 2.86. The van der Waals surface area contributed by atoms with Crippen LogP contribution in [0.2, 0.25) is 0 Å². The van der Waals surface area contributed by atoms with Gasteiger partial charge in [-0.1, -0.05) is 57.4 Å². The van der Waals surface area contributed by atoms with Crippen molar-refractivity contribution in [3.05, 3.63) is 28.2 Å². The molecule has 88 valence electrons. The van der Waals surface area contributed by atoms with E-state index in [-0.39, 0.29) is 9.80 Å². The summed E-state index contributed by atoms with van der Waals surface area (Å²) in [5.41, 5.74) is 0.473. The second kappa shape index (κ2) is 3.10. The Morgan fingerprint density at radius 1 is 1.07 bits per heavy atom. The van der Waals surface area contributed by atoms with E-state index in [1.807, 2.05) is 0 Å². The molecule has 1 aromatic carbocycles. The predicted molar refractivity (Wildman–Crippen MR) is 58.2 cm³/mol. The minimum atomic E-state index is -9.55. The molecular weight excluding hydrogens is 371 g/mol. The number of rotatable bonds is 2. The van der Waals surface area contributed by atoms with Gasteiger partial charge in [-0.25, -0.2) is 0 Å². The molecule has 0 bridgehead atoms. The van der Waals surface area contributed by atoms with Crippen molar-refractivity contribution in [2.24, 2.45) is 0 Å². The first-order valence-electron chi connectivity index (χ1n) is 3.52. The van der Waals surface area contributed by atoms with Gasteiger partial charge in [0.15, 0.2) is 0 Å². The number of hydrogen-bond acceptors (Lipinski definition) is 0. The van der Waals surface area contributed by atoms with Crippen molar-refractivity contribution in [1.82, 2.24) is 0 Å². The lowest BCUT2D eigenvalue weighted by Crippen LogP contribution is -2.06. The van der Waals surface area contributed by atoms with E-state index >= 15 is 0 Å². The molecule has 0 saturated carbocycles. The minimum Gasteiger partial charge on any atom is -0.0936 e. The van der Waals surface area contributed by atoms with Gasteiger partial charge in [-0.05, 0) is 17.7 Å². The highest BCUT2D eigenvalue weighted by molar-refractivity contribution is 9.10. The quantitative estimate of drug-likeness (QED) is 0.439. The Morgan fingerprint density at radius 3 is 1.93 bits per heavy atom. The maximum atomic E-state index is 12.3. The molecule has 0 aliphatic heterocycles. The first-order valence-corrected chi connectivity index (χ1v) is 7.39. The highest BCUT2D eigenvalue weighted by Gasteiger charge is 2.65. The van der Waals surface area contributed by atoms with E-state index in [9.17, 15) is 19.4 Å². The molecule has 0 saturated heterocycles. The molecule has 0 N–H and O–H groups in total. The summed E-state index contributed by atoms with van der Waals surface area (Å²) in [6.45, 7) is 0. The molecule has 15 heavy (non-hydrogen) atoms. The van der Waals surface area contributed by atoms with Gasteiger partial charge in [-0.15, -0.1) is 0 Å². The first kappa shape index (κ1) is 13.2. The van der Waals surface area contributed by atoms with Gasteiger partial charge in [0.2, 0.25) is 0 Å². The average molecular weight is 376 g/mol. The van der Waals surface area contributed by atoms with Gasteiger partial charge < -0.3 is 0 Å². The topological polar surface area (TPSA) is 0 Å². The van der Waals surface area contributed by atoms with Crippen LogP contribution < -0.4 is 0 Å². The fourth-order valence-corrected chi connectivity index (χ4v) is 3.08. The zero-order valence-electron chi connectivity index (χ0n) is 6.99. The van der Waals surface area contributed by atoms with E-state index in [1.165, 1.54) is 0 Å². The molecule has 0 radical (unpaired) electrons. The molecule has 0 unspecified atom stereocenters. The molecule has 0 spiro atoms. The van der Waals surface area contributed by atoms with Crippen LogP contribution in [0.15, 0.2) is 27.6 Å². The third-order valence-corrected chi connectivity index (χ3v) is 4.10. The highest BCUT2D eigenvalue weighted by Crippen LogP contribution is 3.02. The number of hydrogen-bond donors (Lipinski definition) is 0. The van der Waals surface area contributed by atoms with Crippen LogP contribution in [0, 0.1) is 0 Å². The van der Waals surface area contributed by atoms with E-state index in [1.54, 1.807) is 0 Å².